The maximum atomic E-state index is 14.4. The quantitative estimate of drug-likeness (QED) is 0.370. The van der Waals surface area contributed by atoms with Gasteiger partial charge in [0.25, 0.3) is 5.91 Å². The van der Waals surface area contributed by atoms with Gasteiger partial charge in [0, 0.05) is 49.1 Å². The van der Waals surface area contributed by atoms with Gasteiger partial charge in [0.05, 0.1) is 25.4 Å². The number of para-hydroxylation sites is 1. The van der Waals surface area contributed by atoms with Crippen molar-refractivity contribution in [2.24, 2.45) is 13.0 Å². The van der Waals surface area contributed by atoms with Gasteiger partial charge in [0.2, 0.25) is 0 Å². The molecule has 1 aromatic heterocycles. The number of rotatable bonds is 6. The molecule has 204 valence electrons. The number of ether oxygens (including phenoxy) is 1. The fourth-order valence-corrected chi connectivity index (χ4v) is 5.79. The monoisotopic (exact) mass is 525 g/mol. The highest BCUT2D eigenvalue weighted by Crippen LogP contribution is 2.38. The van der Waals surface area contributed by atoms with Crippen LogP contribution in [0.15, 0.2) is 78.9 Å². The second-order valence-corrected chi connectivity index (χ2v) is 11.0. The average molecular weight is 526 g/mol. The lowest BCUT2D eigenvalue weighted by Crippen LogP contribution is -2.47. The molecule has 5 rings (SSSR count). The number of amides is 1. The lowest BCUT2D eigenvalue weighted by Gasteiger charge is -2.35. The summed E-state index contributed by atoms with van der Waals surface area (Å²) in [6, 6.07) is 26.5. The highest BCUT2D eigenvalue weighted by Gasteiger charge is 2.33. The highest BCUT2D eigenvalue weighted by atomic mass is 16.5. The van der Waals surface area contributed by atoms with Gasteiger partial charge in [-0.1, -0.05) is 79.7 Å². The molecule has 2 heterocycles. The summed E-state index contributed by atoms with van der Waals surface area (Å²) in [6.45, 7) is 6.45. The van der Waals surface area contributed by atoms with Crippen molar-refractivity contribution in [3.05, 3.63) is 95.7 Å². The van der Waals surface area contributed by atoms with Crippen LogP contribution < -0.4 is 0 Å². The van der Waals surface area contributed by atoms with E-state index in [4.69, 9.17) is 4.74 Å². The Bertz CT molecular complexity index is 1430. The van der Waals surface area contributed by atoms with Crippen molar-refractivity contribution in [3.8, 4) is 11.1 Å². The Morgan fingerprint density at radius 1 is 1.03 bits per heavy atom. The summed E-state index contributed by atoms with van der Waals surface area (Å²) in [5.74, 6) is -0.0187. The van der Waals surface area contributed by atoms with Crippen molar-refractivity contribution in [1.82, 2.24) is 14.4 Å². The zero-order valence-electron chi connectivity index (χ0n) is 23.4. The topological polar surface area (TPSA) is 57.9 Å². The first kappa shape index (κ1) is 27.1. The lowest BCUT2D eigenvalue weighted by molar-refractivity contribution is -0.0242. The van der Waals surface area contributed by atoms with E-state index in [9.17, 15) is 9.90 Å². The Morgan fingerprint density at radius 2 is 1.72 bits per heavy atom. The van der Waals surface area contributed by atoms with Crippen LogP contribution in [0.2, 0.25) is 0 Å². The van der Waals surface area contributed by atoms with E-state index in [1.165, 1.54) is 5.56 Å². The van der Waals surface area contributed by atoms with Crippen LogP contribution >= 0.6 is 0 Å². The van der Waals surface area contributed by atoms with Gasteiger partial charge in [-0.2, -0.15) is 0 Å². The third-order valence-electron chi connectivity index (χ3n) is 8.01. The predicted octanol–water partition coefficient (Wildman–Crippen LogP) is 5.34. The molecule has 0 spiro atoms. The summed E-state index contributed by atoms with van der Waals surface area (Å²) in [7, 11) is 4.08. The zero-order chi connectivity index (χ0) is 27.5. The molecule has 0 saturated heterocycles. The Balaban J connectivity index is 1.58. The summed E-state index contributed by atoms with van der Waals surface area (Å²) >= 11 is 0. The van der Waals surface area contributed by atoms with Gasteiger partial charge >= 0.3 is 0 Å². The normalized spacial score (nSPS) is 19.0. The fourth-order valence-electron chi connectivity index (χ4n) is 5.79. The molecule has 6 nitrogen and oxygen atoms in total. The van der Waals surface area contributed by atoms with E-state index in [0.29, 0.717) is 18.8 Å². The largest absolute Gasteiger partial charge is 0.394 e. The van der Waals surface area contributed by atoms with E-state index in [-0.39, 0.29) is 30.6 Å². The third kappa shape index (κ3) is 5.50. The molecule has 39 heavy (non-hydrogen) atoms. The van der Waals surface area contributed by atoms with Crippen LogP contribution in [0.1, 0.15) is 35.5 Å². The molecule has 1 N–H and O–H groups in total. The van der Waals surface area contributed by atoms with E-state index in [0.717, 1.165) is 40.7 Å². The molecule has 0 unspecified atom stereocenters. The smallest absolute Gasteiger partial charge is 0.271 e. The summed E-state index contributed by atoms with van der Waals surface area (Å²) in [4.78, 5) is 18.5. The molecule has 0 saturated carbocycles. The van der Waals surface area contributed by atoms with Crippen LogP contribution in [-0.2, 0) is 24.9 Å². The van der Waals surface area contributed by atoms with Crippen LogP contribution in [0.4, 0.5) is 0 Å². The van der Waals surface area contributed by atoms with Crippen molar-refractivity contribution >= 4 is 16.8 Å². The summed E-state index contributed by atoms with van der Waals surface area (Å²) in [5, 5.41) is 11.2. The SMILES string of the molecule is C[C@@H]1CN([C@@H](C)CO)C(=O)c2c(c3ccccc3n2C)-c2ccccc2CO[C@H]1CN(C)Cc1ccccc1. The van der Waals surface area contributed by atoms with E-state index < -0.39 is 0 Å². The van der Waals surface area contributed by atoms with Crippen molar-refractivity contribution in [2.45, 2.75) is 39.1 Å². The Morgan fingerprint density at radius 3 is 2.49 bits per heavy atom. The zero-order valence-corrected chi connectivity index (χ0v) is 23.4. The van der Waals surface area contributed by atoms with Gasteiger partial charge in [0.1, 0.15) is 5.69 Å². The number of aromatic nitrogens is 1. The van der Waals surface area contributed by atoms with Gasteiger partial charge in [-0.3, -0.25) is 9.69 Å². The number of carbonyl (C=O) groups excluding carboxylic acids is 1. The second-order valence-electron chi connectivity index (χ2n) is 11.0. The molecule has 4 aromatic rings. The number of hydrogen-bond acceptors (Lipinski definition) is 4. The molecule has 6 heteroatoms. The minimum Gasteiger partial charge on any atom is -0.394 e. The number of benzene rings is 3. The van der Waals surface area contributed by atoms with Crippen LogP contribution in [-0.4, -0.2) is 64.3 Å². The Hall–Kier alpha value is -3.45. The van der Waals surface area contributed by atoms with E-state index >= 15 is 0 Å². The maximum absolute atomic E-state index is 14.4. The summed E-state index contributed by atoms with van der Waals surface area (Å²) in [6.07, 6.45) is -0.106. The van der Waals surface area contributed by atoms with Crippen molar-refractivity contribution in [3.63, 3.8) is 0 Å². The van der Waals surface area contributed by atoms with Crippen molar-refractivity contribution in [1.29, 1.82) is 0 Å². The number of aliphatic hydroxyl groups is 1. The van der Waals surface area contributed by atoms with Crippen LogP contribution in [0.5, 0.6) is 0 Å². The fraction of sp³-hybridized carbons (Fsp3) is 0.364. The molecule has 0 bridgehead atoms. The number of carbonyl (C=O) groups is 1. The van der Waals surface area contributed by atoms with E-state index in [1.807, 2.05) is 53.8 Å². The minimum absolute atomic E-state index is 0.0459. The number of likely N-dealkylation sites (N-methyl/N-ethyl adjacent to an activating group) is 1. The maximum Gasteiger partial charge on any atom is 0.271 e. The molecule has 1 aliphatic rings. The Kier molecular flexibility index (Phi) is 8.17. The average Bonchev–Trinajstić information content (AvgIpc) is 3.24. The molecule has 3 atom stereocenters. The van der Waals surface area contributed by atoms with E-state index in [1.54, 1.807) is 0 Å². The van der Waals surface area contributed by atoms with E-state index in [2.05, 4.69) is 67.4 Å². The van der Waals surface area contributed by atoms with Gasteiger partial charge in [0.15, 0.2) is 0 Å². The molecule has 0 radical (unpaired) electrons. The number of aliphatic hydroxyl groups excluding tert-OH is 1. The number of aryl methyl sites for hydroxylation is 1. The molecular formula is C33H39N3O3. The van der Waals surface area contributed by atoms with Crippen LogP contribution in [0, 0.1) is 5.92 Å². The summed E-state index contributed by atoms with van der Waals surface area (Å²) in [5.41, 5.74) is 5.92. The van der Waals surface area contributed by atoms with Gasteiger partial charge < -0.3 is 19.3 Å². The van der Waals surface area contributed by atoms with Crippen LogP contribution in [0.25, 0.3) is 22.0 Å². The standard InChI is InChI=1S/C33H39N3O3/c1-23-18-36(24(2)21-37)33(38)32-31(28-16-10-11-17-29(28)35(32)4)27-15-9-8-14-26(27)22-39-30(23)20-34(3)19-25-12-6-5-7-13-25/h5-17,23-24,30,37H,18-22H2,1-4H3/t23-,24+,30+/m1/s1. The first-order chi connectivity index (χ1) is 18.9. The molecule has 1 aliphatic heterocycles. The highest BCUT2D eigenvalue weighted by molar-refractivity contribution is 6.10. The number of hydrogen-bond donors (Lipinski definition) is 1. The first-order valence-corrected chi connectivity index (χ1v) is 13.8. The number of fused-ring (bicyclic) bond motifs is 5. The number of nitrogens with zero attached hydrogens (tertiary/aromatic N) is 3. The van der Waals surface area contributed by atoms with Gasteiger partial charge in [-0.25, -0.2) is 0 Å². The molecular weight excluding hydrogens is 486 g/mol. The lowest BCUT2D eigenvalue weighted by atomic mass is 9.96. The van der Waals surface area contributed by atoms with Gasteiger partial charge in [-0.05, 0) is 36.7 Å². The third-order valence-corrected chi connectivity index (χ3v) is 8.01. The molecule has 3 aromatic carbocycles. The predicted molar refractivity (Wildman–Crippen MR) is 156 cm³/mol. The van der Waals surface area contributed by atoms with Gasteiger partial charge in [-0.15, -0.1) is 0 Å². The molecule has 0 fully saturated rings. The molecule has 0 aliphatic carbocycles. The molecule has 1 amide bonds. The summed E-state index contributed by atoms with van der Waals surface area (Å²) < 4.78 is 8.71. The van der Waals surface area contributed by atoms with Crippen molar-refractivity contribution in [2.75, 3.05) is 26.7 Å². The Labute approximate surface area is 231 Å². The van der Waals surface area contributed by atoms with Crippen LogP contribution in [0.3, 0.4) is 0 Å². The second kappa shape index (κ2) is 11.7. The minimum atomic E-state index is -0.329. The van der Waals surface area contributed by atoms with Crippen molar-refractivity contribution < 1.29 is 14.6 Å². The first-order valence-electron chi connectivity index (χ1n) is 13.8.